The highest BCUT2D eigenvalue weighted by Gasteiger charge is 2.37. The van der Waals surface area contributed by atoms with Crippen LogP contribution >= 0.6 is 0 Å². The smallest absolute Gasteiger partial charge is 0.410 e. The summed E-state index contributed by atoms with van der Waals surface area (Å²) in [5.74, 6) is 0.758. The van der Waals surface area contributed by atoms with E-state index in [0.29, 0.717) is 76.2 Å². The van der Waals surface area contributed by atoms with E-state index in [2.05, 4.69) is 5.32 Å². The Bertz CT molecular complexity index is 1530. The number of nitrogens with two attached hydrogens (primary N) is 1. The van der Waals surface area contributed by atoms with Gasteiger partial charge < -0.3 is 30.5 Å². The molecule has 4 amide bonds. The molecule has 3 fully saturated rings. The molecular weight excluding hydrogens is 644 g/mol. The Morgan fingerprint density at radius 3 is 2.14 bits per heavy atom. The van der Waals surface area contributed by atoms with Crippen LogP contribution in [-0.4, -0.2) is 104 Å². The topological polar surface area (TPSA) is 149 Å². The van der Waals surface area contributed by atoms with Gasteiger partial charge in [0.1, 0.15) is 0 Å². The highest BCUT2D eigenvalue weighted by Crippen LogP contribution is 2.33. The van der Waals surface area contributed by atoms with Crippen LogP contribution in [-0.2, 0) is 33.6 Å². The zero-order valence-electron chi connectivity index (χ0n) is 28.6. The number of hydrogen-bond acceptors (Lipinski definition) is 6. The molecule has 1 unspecified atom stereocenters. The number of rotatable bonds is 7. The lowest BCUT2D eigenvalue weighted by Crippen LogP contribution is -2.52. The zero-order valence-corrected chi connectivity index (χ0v) is 29.5. The molecule has 2 aromatic rings. The second-order valence-electron chi connectivity index (χ2n) is 14.1. The van der Waals surface area contributed by atoms with Gasteiger partial charge >= 0.3 is 12.1 Å². The number of ether oxygens (including phenoxy) is 1. The average Bonchev–Trinajstić information content (AvgIpc) is 3.28. The number of urea groups is 1. The van der Waals surface area contributed by atoms with Crippen molar-refractivity contribution in [2.75, 3.05) is 56.9 Å². The van der Waals surface area contributed by atoms with Gasteiger partial charge in [0.05, 0.1) is 0 Å². The summed E-state index contributed by atoms with van der Waals surface area (Å²) in [4.78, 5) is 46.2. The van der Waals surface area contributed by atoms with Crippen molar-refractivity contribution in [2.24, 2.45) is 11.8 Å². The first kappa shape index (κ1) is 35.2. The van der Waals surface area contributed by atoms with Gasteiger partial charge in [-0.2, -0.15) is 0 Å². The molecule has 266 valence electrons. The Morgan fingerprint density at radius 1 is 0.918 bits per heavy atom. The Hall–Kier alpha value is -3.68. The van der Waals surface area contributed by atoms with Crippen molar-refractivity contribution in [3.63, 3.8) is 0 Å². The van der Waals surface area contributed by atoms with E-state index in [0.717, 1.165) is 60.0 Å². The number of benzene rings is 2. The van der Waals surface area contributed by atoms with Gasteiger partial charge in [0.2, 0.25) is 11.3 Å². The van der Waals surface area contributed by atoms with Crippen LogP contribution in [0.3, 0.4) is 0 Å². The fourth-order valence-electron chi connectivity index (χ4n) is 8.17. The van der Waals surface area contributed by atoms with Gasteiger partial charge in [0, 0.05) is 69.7 Å². The van der Waals surface area contributed by atoms with Crippen LogP contribution in [0.25, 0.3) is 0 Å². The van der Waals surface area contributed by atoms with Crippen molar-refractivity contribution >= 4 is 40.7 Å². The Labute approximate surface area is 291 Å². The molecule has 2 aromatic carbocycles. The molecule has 0 spiro atoms. The molecule has 0 aliphatic carbocycles. The van der Waals surface area contributed by atoms with Gasteiger partial charge in [-0.05, 0) is 98.9 Å². The third kappa shape index (κ3) is 8.21. The molecule has 4 aliphatic heterocycles. The van der Waals surface area contributed by atoms with E-state index in [-0.39, 0.29) is 24.4 Å². The molecule has 3 saturated heterocycles. The van der Waals surface area contributed by atoms with E-state index in [1.807, 2.05) is 60.0 Å². The number of nitrogens with zero attached hydrogens (tertiary/aromatic N) is 4. The van der Waals surface area contributed by atoms with Gasteiger partial charge in [-0.15, -0.1) is 0 Å². The highest BCUT2D eigenvalue weighted by atomic mass is 32.2. The summed E-state index contributed by atoms with van der Waals surface area (Å²) in [6, 6.07) is 11.7. The Kier molecular flexibility index (Phi) is 11.1. The number of anilines is 2. The van der Waals surface area contributed by atoms with Crippen molar-refractivity contribution in [3.8, 4) is 0 Å². The number of carbonyl (C=O) groups is 3. The number of nitrogen functional groups attached to an aromatic ring is 1. The lowest BCUT2D eigenvalue weighted by Gasteiger charge is -2.40. The molecule has 13 heteroatoms. The number of fused-ring (bicyclic) bond motifs is 1. The molecule has 0 aromatic heterocycles. The summed E-state index contributed by atoms with van der Waals surface area (Å²) in [5, 5.41) is 3.04. The molecular formula is C36H50N6O6S. The fraction of sp³-hybridized carbons (Fsp3) is 0.583. The largest absolute Gasteiger partial charge is 0.436 e. The van der Waals surface area contributed by atoms with Gasteiger partial charge in [-0.1, -0.05) is 30.3 Å². The summed E-state index contributed by atoms with van der Waals surface area (Å²) in [7, 11) is 0. The van der Waals surface area contributed by atoms with Crippen LogP contribution in [0.2, 0.25) is 0 Å². The Balaban J connectivity index is 1.07. The van der Waals surface area contributed by atoms with Gasteiger partial charge in [-0.25, -0.2) is 18.1 Å². The summed E-state index contributed by atoms with van der Waals surface area (Å²) in [6.45, 7) is 7.79. The predicted octanol–water partition coefficient (Wildman–Crippen LogP) is 4.58. The molecule has 4 heterocycles. The quantitative estimate of drug-likeness (QED) is 0.284. The van der Waals surface area contributed by atoms with Crippen molar-refractivity contribution in [1.82, 2.24) is 19.0 Å². The first-order valence-corrected chi connectivity index (χ1v) is 18.7. The highest BCUT2D eigenvalue weighted by molar-refractivity contribution is 7.76. The van der Waals surface area contributed by atoms with E-state index < -0.39 is 23.5 Å². The molecule has 4 N–H and O–H groups in total. The number of hydrogen-bond donors (Lipinski definition) is 3. The second-order valence-corrected chi connectivity index (χ2v) is 15.1. The maximum atomic E-state index is 14.1. The standard InChI is InChI=1S/C36H50N6O6S/c1-24-21-26(22-25(2)33(24)37)23-32(34(43)39-14-7-27(8-15-39)28-9-18-41(19-10-28)49(46)47)48-36(45)40-16-12-30(13-17-40)42-20-11-29-5-3-4-6-31(29)38-35(42)44/h3-6,21-22,27-28,30,32H,7-20,23,37H2,1-2H3,(H,38,44)(H,46,47)/t32-/m1/s1. The molecule has 0 radical (unpaired) electrons. The molecule has 12 nitrogen and oxygen atoms in total. The number of amides is 4. The number of likely N-dealkylation sites (tertiary alicyclic amines) is 2. The monoisotopic (exact) mass is 694 g/mol. The normalized spacial score (nSPS) is 21.4. The van der Waals surface area contributed by atoms with Gasteiger partial charge in [-0.3, -0.25) is 9.35 Å². The van der Waals surface area contributed by atoms with Crippen LogP contribution in [0.4, 0.5) is 21.0 Å². The average molecular weight is 695 g/mol. The molecule has 4 aliphatic rings. The number of para-hydroxylation sites is 1. The molecule has 2 atom stereocenters. The van der Waals surface area contributed by atoms with E-state index >= 15 is 0 Å². The molecule has 6 rings (SSSR count). The third-order valence-electron chi connectivity index (χ3n) is 11.1. The van der Waals surface area contributed by atoms with Crippen LogP contribution in [0.5, 0.6) is 0 Å². The fourth-order valence-corrected chi connectivity index (χ4v) is 8.69. The summed E-state index contributed by atoms with van der Waals surface area (Å²) in [5.41, 5.74) is 11.6. The lowest BCUT2D eigenvalue weighted by atomic mass is 9.79. The van der Waals surface area contributed by atoms with Gasteiger partial charge in [0.25, 0.3) is 5.91 Å². The summed E-state index contributed by atoms with van der Waals surface area (Å²) in [6.07, 6.45) is 4.31. The van der Waals surface area contributed by atoms with Crippen molar-refractivity contribution in [1.29, 1.82) is 0 Å². The lowest BCUT2D eigenvalue weighted by molar-refractivity contribution is -0.142. The SMILES string of the molecule is Cc1cc(C[C@@H](OC(=O)N2CCC(N3CCc4ccccc4NC3=O)CC2)C(=O)N2CCC(C3CCN(S(=O)O)CC3)CC2)cc(C)c1N. The minimum Gasteiger partial charge on any atom is -0.436 e. The third-order valence-corrected chi connectivity index (χ3v) is 11.9. The van der Waals surface area contributed by atoms with Crippen LogP contribution in [0.1, 0.15) is 60.8 Å². The van der Waals surface area contributed by atoms with Crippen molar-refractivity contribution in [2.45, 2.75) is 77.4 Å². The van der Waals surface area contributed by atoms with E-state index in [4.69, 9.17) is 10.5 Å². The first-order valence-electron chi connectivity index (χ1n) is 17.7. The number of nitrogens with one attached hydrogen (secondary N) is 1. The maximum absolute atomic E-state index is 14.1. The molecule has 0 saturated carbocycles. The van der Waals surface area contributed by atoms with Crippen LogP contribution in [0.15, 0.2) is 36.4 Å². The summed E-state index contributed by atoms with van der Waals surface area (Å²) >= 11 is -1.92. The van der Waals surface area contributed by atoms with Crippen molar-refractivity contribution < 1.29 is 27.9 Å². The van der Waals surface area contributed by atoms with E-state index in [1.54, 1.807) is 9.21 Å². The molecule has 0 bridgehead atoms. The number of aryl methyl sites for hydroxylation is 2. The minimum atomic E-state index is -1.92. The summed E-state index contributed by atoms with van der Waals surface area (Å²) < 4.78 is 28.5. The Morgan fingerprint density at radius 2 is 1.51 bits per heavy atom. The van der Waals surface area contributed by atoms with Gasteiger partial charge in [0.15, 0.2) is 6.10 Å². The van der Waals surface area contributed by atoms with Crippen LogP contribution < -0.4 is 11.1 Å². The van der Waals surface area contributed by atoms with Crippen LogP contribution in [0, 0.1) is 25.7 Å². The second kappa shape index (κ2) is 15.5. The zero-order chi connectivity index (χ0) is 34.7. The number of piperidine rings is 3. The first-order chi connectivity index (χ1) is 23.6. The maximum Gasteiger partial charge on any atom is 0.410 e. The number of carbonyl (C=O) groups excluding carboxylic acids is 3. The predicted molar refractivity (Wildman–Crippen MR) is 189 cm³/mol. The molecule has 49 heavy (non-hydrogen) atoms. The van der Waals surface area contributed by atoms with E-state index in [1.165, 1.54) is 0 Å². The minimum absolute atomic E-state index is 0.0100. The van der Waals surface area contributed by atoms with Crippen molar-refractivity contribution in [3.05, 3.63) is 58.7 Å². The van der Waals surface area contributed by atoms with E-state index in [9.17, 15) is 23.1 Å².